The summed E-state index contributed by atoms with van der Waals surface area (Å²) in [6, 6.07) is 3.60. The van der Waals surface area contributed by atoms with Gasteiger partial charge in [-0.15, -0.1) is 0 Å². The van der Waals surface area contributed by atoms with Crippen LogP contribution in [0.5, 0.6) is 0 Å². The van der Waals surface area contributed by atoms with Gasteiger partial charge in [0.15, 0.2) is 0 Å². The van der Waals surface area contributed by atoms with Gasteiger partial charge in [0.1, 0.15) is 12.0 Å². The summed E-state index contributed by atoms with van der Waals surface area (Å²) in [7, 11) is 0. The highest BCUT2D eigenvalue weighted by atomic mass is 16.6. The Hall–Kier alpha value is -3.03. The first-order valence-corrected chi connectivity index (χ1v) is 5.11. The molecule has 19 heavy (non-hydrogen) atoms. The van der Waals surface area contributed by atoms with Crippen LogP contribution in [0.1, 0.15) is 10.4 Å². The van der Waals surface area contributed by atoms with Gasteiger partial charge >= 0.3 is 5.97 Å². The molecule has 0 spiro atoms. The maximum absolute atomic E-state index is 10.9. The summed E-state index contributed by atoms with van der Waals surface area (Å²) < 4.78 is 0. The Kier molecular flexibility index (Phi) is 3.33. The standard InChI is InChI=1S/C11H8N4O4/c16-11(17)7-1-2-9(10(3-7)15(18)19)14-8-4-12-6-13-5-8/h1-6,14H,(H,16,17). The number of nitrogens with zero attached hydrogens (tertiary/aromatic N) is 3. The third-order valence-corrected chi connectivity index (χ3v) is 2.28. The molecule has 0 saturated heterocycles. The predicted molar refractivity (Wildman–Crippen MR) is 65.4 cm³/mol. The highest BCUT2D eigenvalue weighted by Crippen LogP contribution is 2.28. The van der Waals surface area contributed by atoms with Crippen molar-refractivity contribution in [3.8, 4) is 0 Å². The molecule has 0 aliphatic heterocycles. The summed E-state index contributed by atoms with van der Waals surface area (Å²) in [6.07, 6.45) is 4.22. The first-order valence-electron chi connectivity index (χ1n) is 5.11. The summed E-state index contributed by atoms with van der Waals surface area (Å²) in [5.41, 5.74) is 0.156. The maximum Gasteiger partial charge on any atom is 0.335 e. The predicted octanol–water partition coefficient (Wildman–Crippen LogP) is 1.83. The highest BCUT2D eigenvalue weighted by molar-refractivity contribution is 5.90. The average molecular weight is 260 g/mol. The minimum absolute atomic E-state index is 0.151. The molecule has 0 aliphatic rings. The lowest BCUT2D eigenvalue weighted by atomic mass is 10.1. The van der Waals surface area contributed by atoms with E-state index in [2.05, 4.69) is 15.3 Å². The topological polar surface area (TPSA) is 118 Å². The SMILES string of the molecule is O=C(O)c1ccc(Nc2cncnc2)c([N+](=O)[O-])c1. The minimum Gasteiger partial charge on any atom is -0.478 e. The van der Waals surface area contributed by atoms with Crippen molar-refractivity contribution in [3.05, 3.63) is 52.6 Å². The Morgan fingerprint density at radius 3 is 2.58 bits per heavy atom. The normalized spacial score (nSPS) is 9.89. The number of aromatic carboxylic acids is 1. The summed E-state index contributed by atoms with van der Waals surface area (Å²) in [5.74, 6) is -1.22. The quantitative estimate of drug-likeness (QED) is 0.635. The van der Waals surface area contributed by atoms with Crippen LogP contribution in [0.15, 0.2) is 36.9 Å². The molecule has 0 bridgehead atoms. The van der Waals surface area contributed by atoms with Crippen LogP contribution in [0.2, 0.25) is 0 Å². The van der Waals surface area contributed by atoms with Crippen molar-refractivity contribution in [3.63, 3.8) is 0 Å². The van der Waals surface area contributed by atoms with Crippen molar-refractivity contribution in [1.82, 2.24) is 9.97 Å². The van der Waals surface area contributed by atoms with E-state index in [4.69, 9.17) is 5.11 Å². The zero-order chi connectivity index (χ0) is 13.8. The van der Waals surface area contributed by atoms with Crippen molar-refractivity contribution in [2.75, 3.05) is 5.32 Å². The minimum atomic E-state index is -1.22. The third-order valence-electron chi connectivity index (χ3n) is 2.28. The van der Waals surface area contributed by atoms with Gasteiger partial charge < -0.3 is 10.4 Å². The van der Waals surface area contributed by atoms with E-state index in [1.807, 2.05) is 0 Å². The molecule has 2 N–H and O–H groups in total. The second kappa shape index (κ2) is 5.08. The molecular weight excluding hydrogens is 252 g/mol. The van der Waals surface area contributed by atoms with Crippen molar-refractivity contribution in [1.29, 1.82) is 0 Å². The molecule has 1 heterocycles. The van der Waals surface area contributed by atoms with Gasteiger partial charge in [-0.3, -0.25) is 10.1 Å². The smallest absolute Gasteiger partial charge is 0.335 e. The number of carbonyl (C=O) groups is 1. The van der Waals surface area contributed by atoms with Crippen LogP contribution in [-0.4, -0.2) is 26.0 Å². The number of rotatable bonds is 4. The molecular formula is C11H8N4O4. The van der Waals surface area contributed by atoms with Gasteiger partial charge in [0.25, 0.3) is 5.69 Å². The molecule has 1 aromatic carbocycles. The summed E-state index contributed by atoms with van der Waals surface area (Å²) in [5, 5.41) is 22.5. The van der Waals surface area contributed by atoms with Crippen LogP contribution < -0.4 is 5.32 Å². The lowest BCUT2D eigenvalue weighted by molar-refractivity contribution is -0.383. The second-order valence-electron chi connectivity index (χ2n) is 3.55. The van der Waals surface area contributed by atoms with Crippen LogP contribution in [0.4, 0.5) is 17.1 Å². The van der Waals surface area contributed by atoms with E-state index in [1.54, 1.807) is 0 Å². The van der Waals surface area contributed by atoms with E-state index in [-0.39, 0.29) is 16.9 Å². The average Bonchev–Trinajstić information content (AvgIpc) is 2.39. The third kappa shape index (κ3) is 2.80. The molecule has 8 heteroatoms. The van der Waals surface area contributed by atoms with Crippen molar-refractivity contribution in [2.45, 2.75) is 0 Å². The Morgan fingerprint density at radius 2 is 2.00 bits per heavy atom. The lowest BCUT2D eigenvalue weighted by Gasteiger charge is -2.06. The molecule has 0 aliphatic carbocycles. The molecule has 2 aromatic rings. The van der Waals surface area contributed by atoms with Gasteiger partial charge in [0.2, 0.25) is 0 Å². The Balaban J connectivity index is 2.40. The van der Waals surface area contributed by atoms with E-state index >= 15 is 0 Å². The first kappa shape index (κ1) is 12.4. The van der Waals surface area contributed by atoms with Crippen molar-refractivity contribution < 1.29 is 14.8 Å². The number of nitro benzene ring substituents is 1. The molecule has 96 valence electrons. The number of hydrogen-bond donors (Lipinski definition) is 2. The number of benzene rings is 1. The molecule has 2 rings (SSSR count). The van der Waals surface area contributed by atoms with E-state index in [0.717, 1.165) is 6.07 Å². The van der Waals surface area contributed by atoms with Crippen molar-refractivity contribution >= 4 is 23.0 Å². The van der Waals surface area contributed by atoms with Crippen LogP contribution >= 0.6 is 0 Å². The van der Waals surface area contributed by atoms with Gasteiger partial charge in [-0.2, -0.15) is 0 Å². The fraction of sp³-hybridized carbons (Fsp3) is 0. The Labute approximate surface area is 106 Å². The van der Waals surface area contributed by atoms with E-state index < -0.39 is 10.9 Å². The Morgan fingerprint density at radius 1 is 1.32 bits per heavy atom. The van der Waals surface area contributed by atoms with Gasteiger partial charge in [-0.1, -0.05) is 0 Å². The number of aromatic nitrogens is 2. The highest BCUT2D eigenvalue weighted by Gasteiger charge is 2.17. The zero-order valence-electron chi connectivity index (χ0n) is 9.48. The number of nitrogens with one attached hydrogen (secondary N) is 1. The number of hydrogen-bond acceptors (Lipinski definition) is 6. The first-order chi connectivity index (χ1) is 9.08. The number of nitro groups is 1. The van der Waals surface area contributed by atoms with Crippen LogP contribution in [0, 0.1) is 10.1 Å². The monoisotopic (exact) mass is 260 g/mol. The number of anilines is 2. The number of carboxylic acids is 1. The van der Waals surface area contributed by atoms with Gasteiger partial charge in [0.05, 0.1) is 28.6 Å². The second-order valence-corrected chi connectivity index (χ2v) is 3.55. The van der Waals surface area contributed by atoms with Crippen LogP contribution in [-0.2, 0) is 0 Å². The largest absolute Gasteiger partial charge is 0.478 e. The molecule has 0 saturated carbocycles. The van der Waals surface area contributed by atoms with Gasteiger partial charge in [0, 0.05) is 6.07 Å². The molecule has 1 aromatic heterocycles. The summed E-state index contributed by atoms with van der Waals surface area (Å²) >= 11 is 0. The van der Waals surface area contributed by atoms with Crippen molar-refractivity contribution in [2.24, 2.45) is 0 Å². The van der Waals surface area contributed by atoms with Crippen LogP contribution in [0.3, 0.4) is 0 Å². The van der Waals surface area contributed by atoms with E-state index in [9.17, 15) is 14.9 Å². The fourth-order valence-corrected chi connectivity index (χ4v) is 1.44. The molecule has 0 radical (unpaired) electrons. The lowest BCUT2D eigenvalue weighted by Crippen LogP contribution is -2.02. The number of carboxylic acid groups (broad SMARTS) is 1. The molecule has 0 unspecified atom stereocenters. The molecule has 0 amide bonds. The fourth-order valence-electron chi connectivity index (χ4n) is 1.44. The molecule has 0 fully saturated rings. The maximum atomic E-state index is 10.9. The zero-order valence-corrected chi connectivity index (χ0v) is 9.48. The summed E-state index contributed by atoms with van der Waals surface area (Å²) in [4.78, 5) is 28.6. The van der Waals surface area contributed by atoms with Gasteiger partial charge in [-0.05, 0) is 12.1 Å². The van der Waals surface area contributed by atoms with E-state index in [0.29, 0.717) is 5.69 Å². The summed E-state index contributed by atoms with van der Waals surface area (Å²) in [6.45, 7) is 0. The van der Waals surface area contributed by atoms with Gasteiger partial charge in [-0.25, -0.2) is 14.8 Å². The van der Waals surface area contributed by atoms with E-state index in [1.165, 1.54) is 30.9 Å². The molecule has 8 nitrogen and oxygen atoms in total. The Bertz CT molecular complexity index is 630. The molecule has 0 atom stereocenters. The van der Waals surface area contributed by atoms with Crippen LogP contribution in [0.25, 0.3) is 0 Å².